The van der Waals surface area contributed by atoms with Crippen molar-refractivity contribution in [3.8, 4) is 5.75 Å². The zero-order valence-corrected chi connectivity index (χ0v) is 9.69. The lowest BCUT2D eigenvalue weighted by Crippen LogP contribution is -2.45. The summed E-state index contributed by atoms with van der Waals surface area (Å²) < 4.78 is 6.32. The van der Waals surface area contributed by atoms with Crippen molar-refractivity contribution in [2.45, 2.75) is 6.04 Å². The SMILES string of the molecule is CN1c2ccc(Br)cc2OCC1C(=O)O. The summed E-state index contributed by atoms with van der Waals surface area (Å²) in [4.78, 5) is 12.6. The molecule has 1 atom stereocenters. The van der Waals surface area contributed by atoms with Crippen LogP contribution in [0.3, 0.4) is 0 Å². The van der Waals surface area contributed by atoms with Gasteiger partial charge in [-0.2, -0.15) is 0 Å². The van der Waals surface area contributed by atoms with Gasteiger partial charge < -0.3 is 14.7 Å². The van der Waals surface area contributed by atoms with Crippen molar-refractivity contribution < 1.29 is 14.6 Å². The van der Waals surface area contributed by atoms with E-state index < -0.39 is 12.0 Å². The maximum atomic E-state index is 10.9. The summed E-state index contributed by atoms with van der Waals surface area (Å²) in [6.45, 7) is 0.176. The Kier molecular flexibility index (Phi) is 2.56. The molecule has 1 aliphatic heterocycles. The minimum Gasteiger partial charge on any atom is -0.489 e. The second-order valence-corrected chi connectivity index (χ2v) is 4.30. The third-order valence-corrected chi connectivity index (χ3v) is 2.94. The number of hydrogen-bond donors (Lipinski definition) is 1. The number of carboxylic acid groups (broad SMARTS) is 1. The van der Waals surface area contributed by atoms with Crippen molar-refractivity contribution in [2.75, 3.05) is 18.6 Å². The number of likely N-dealkylation sites (N-methyl/N-ethyl adjacent to an activating group) is 1. The lowest BCUT2D eigenvalue weighted by molar-refractivity contribution is -0.139. The quantitative estimate of drug-likeness (QED) is 0.845. The van der Waals surface area contributed by atoms with Crippen LogP contribution in [-0.2, 0) is 4.79 Å². The minimum absolute atomic E-state index is 0.176. The summed E-state index contributed by atoms with van der Waals surface area (Å²) in [7, 11) is 1.76. The normalized spacial score (nSPS) is 19.3. The Balaban J connectivity index is 2.38. The molecule has 0 fully saturated rings. The van der Waals surface area contributed by atoms with E-state index in [0.29, 0.717) is 5.75 Å². The molecule has 0 amide bonds. The molecule has 4 nitrogen and oxygen atoms in total. The van der Waals surface area contributed by atoms with Gasteiger partial charge in [-0.15, -0.1) is 0 Å². The molecule has 1 aromatic rings. The first-order valence-corrected chi connectivity index (χ1v) is 5.27. The first-order valence-electron chi connectivity index (χ1n) is 4.47. The highest BCUT2D eigenvalue weighted by molar-refractivity contribution is 9.10. The smallest absolute Gasteiger partial charge is 0.329 e. The fourth-order valence-electron chi connectivity index (χ4n) is 1.58. The molecular weight excluding hydrogens is 262 g/mol. The molecule has 2 rings (SSSR count). The Morgan fingerprint density at radius 1 is 1.67 bits per heavy atom. The molecule has 80 valence electrons. The van der Waals surface area contributed by atoms with E-state index in [4.69, 9.17) is 9.84 Å². The van der Waals surface area contributed by atoms with Gasteiger partial charge in [0.15, 0.2) is 6.04 Å². The van der Waals surface area contributed by atoms with Crippen molar-refractivity contribution in [3.63, 3.8) is 0 Å². The Hall–Kier alpha value is -1.23. The number of ether oxygens (including phenoxy) is 1. The second kappa shape index (κ2) is 3.73. The zero-order valence-electron chi connectivity index (χ0n) is 8.11. The van der Waals surface area contributed by atoms with Crippen molar-refractivity contribution in [1.82, 2.24) is 0 Å². The number of aliphatic carboxylic acids is 1. The Bertz CT molecular complexity index is 408. The fraction of sp³-hybridized carbons (Fsp3) is 0.300. The molecule has 0 aromatic heterocycles. The molecule has 1 N–H and O–H groups in total. The van der Waals surface area contributed by atoms with Crippen molar-refractivity contribution in [1.29, 1.82) is 0 Å². The first-order chi connectivity index (χ1) is 7.09. The van der Waals surface area contributed by atoms with Gasteiger partial charge in [0.25, 0.3) is 0 Å². The molecule has 0 saturated carbocycles. The monoisotopic (exact) mass is 271 g/mol. The number of hydrogen-bond acceptors (Lipinski definition) is 3. The second-order valence-electron chi connectivity index (χ2n) is 3.39. The standard InChI is InChI=1S/C10H10BrNO3/c1-12-7-3-2-6(11)4-9(7)15-5-8(12)10(13)14/h2-4,8H,5H2,1H3,(H,13,14). The van der Waals surface area contributed by atoms with Crippen LogP contribution in [0.2, 0.25) is 0 Å². The molecule has 5 heteroatoms. The number of anilines is 1. The first kappa shape index (κ1) is 10.3. The summed E-state index contributed by atoms with van der Waals surface area (Å²) >= 11 is 3.34. The third-order valence-electron chi connectivity index (χ3n) is 2.45. The molecule has 15 heavy (non-hydrogen) atoms. The van der Waals surface area contributed by atoms with Crippen LogP contribution in [0.1, 0.15) is 0 Å². The fourth-order valence-corrected chi connectivity index (χ4v) is 1.92. The molecule has 0 spiro atoms. The van der Waals surface area contributed by atoms with E-state index in [1.165, 1.54) is 0 Å². The van der Waals surface area contributed by atoms with Gasteiger partial charge in [0, 0.05) is 11.5 Å². The van der Waals surface area contributed by atoms with Gasteiger partial charge in [-0.1, -0.05) is 15.9 Å². The minimum atomic E-state index is -0.869. The third kappa shape index (κ3) is 1.79. The molecule has 0 radical (unpaired) electrons. The van der Waals surface area contributed by atoms with Crippen LogP contribution < -0.4 is 9.64 Å². The topological polar surface area (TPSA) is 49.8 Å². The molecular formula is C10H10BrNO3. The lowest BCUT2D eigenvalue weighted by Gasteiger charge is -2.33. The molecule has 1 aliphatic rings. The molecule has 1 unspecified atom stereocenters. The van der Waals surface area contributed by atoms with Crippen LogP contribution in [0.4, 0.5) is 5.69 Å². The van der Waals surface area contributed by atoms with Crippen LogP contribution in [0, 0.1) is 0 Å². The Labute approximate surface area is 95.6 Å². The number of benzene rings is 1. The molecule has 0 aliphatic carbocycles. The molecule has 1 aromatic carbocycles. The van der Waals surface area contributed by atoms with Gasteiger partial charge in [-0.3, -0.25) is 0 Å². The van der Waals surface area contributed by atoms with E-state index in [-0.39, 0.29) is 6.61 Å². The highest BCUT2D eigenvalue weighted by atomic mass is 79.9. The van der Waals surface area contributed by atoms with E-state index in [2.05, 4.69) is 15.9 Å². The largest absolute Gasteiger partial charge is 0.489 e. The van der Waals surface area contributed by atoms with E-state index in [1.54, 1.807) is 11.9 Å². The predicted molar refractivity (Wildman–Crippen MR) is 59.5 cm³/mol. The van der Waals surface area contributed by atoms with Gasteiger partial charge in [0.05, 0.1) is 5.69 Å². The number of rotatable bonds is 1. The summed E-state index contributed by atoms with van der Waals surface area (Å²) in [5.74, 6) is -0.157. The summed E-state index contributed by atoms with van der Waals surface area (Å²) in [5, 5.41) is 8.96. The molecule has 0 saturated heterocycles. The Morgan fingerprint density at radius 3 is 3.07 bits per heavy atom. The van der Waals surface area contributed by atoms with Crippen LogP contribution in [0.25, 0.3) is 0 Å². The van der Waals surface area contributed by atoms with Gasteiger partial charge in [-0.05, 0) is 18.2 Å². The number of nitrogens with zero attached hydrogens (tertiary/aromatic N) is 1. The van der Waals surface area contributed by atoms with Gasteiger partial charge in [0.2, 0.25) is 0 Å². The summed E-state index contributed by atoms with van der Waals surface area (Å²) in [6, 6.07) is 4.93. The van der Waals surface area contributed by atoms with Crippen LogP contribution in [0.15, 0.2) is 22.7 Å². The highest BCUT2D eigenvalue weighted by Crippen LogP contribution is 2.35. The predicted octanol–water partition coefficient (Wildman–Crippen LogP) is 1.73. The summed E-state index contributed by atoms with van der Waals surface area (Å²) in [5.41, 5.74) is 0.803. The average molecular weight is 272 g/mol. The van der Waals surface area contributed by atoms with E-state index in [1.807, 2.05) is 18.2 Å². The van der Waals surface area contributed by atoms with Gasteiger partial charge >= 0.3 is 5.97 Å². The molecule has 0 bridgehead atoms. The van der Waals surface area contributed by atoms with Crippen molar-refractivity contribution >= 4 is 27.6 Å². The van der Waals surface area contributed by atoms with Gasteiger partial charge in [-0.25, -0.2) is 4.79 Å². The maximum Gasteiger partial charge on any atom is 0.329 e. The maximum absolute atomic E-state index is 10.9. The van der Waals surface area contributed by atoms with E-state index in [9.17, 15) is 4.79 Å². The Morgan fingerprint density at radius 2 is 2.40 bits per heavy atom. The van der Waals surface area contributed by atoms with Crippen molar-refractivity contribution in [2.24, 2.45) is 0 Å². The average Bonchev–Trinajstić information content (AvgIpc) is 2.17. The lowest BCUT2D eigenvalue weighted by atomic mass is 10.2. The highest BCUT2D eigenvalue weighted by Gasteiger charge is 2.30. The molecule has 1 heterocycles. The van der Waals surface area contributed by atoms with Crippen LogP contribution in [-0.4, -0.2) is 30.8 Å². The van der Waals surface area contributed by atoms with E-state index >= 15 is 0 Å². The zero-order chi connectivity index (χ0) is 11.0. The van der Waals surface area contributed by atoms with Crippen LogP contribution >= 0.6 is 15.9 Å². The number of carboxylic acids is 1. The number of fused-ring (bicyclic) bond motifs is 1. The van der Waals surface area contributed by atoms with E-state index in [0.717, 1.165) is 10.2 Å². The van der Waals surface area contributed by atoms with Crippen LogP contribution in [0.5, 0.6) is 5.75 Å². The number of carbonyl (C=O) groups is 1. The summed E-state index contributed by atoms with van der Waals surface area (Å²) in [6.07, 6.45) is 0. The number of halogens is 1. The van der Waals surface area contributed by atoms with Crippen molar-refractivity contribution in [3.05, 3.63) is 22.7 Å². The van der Waals surface area contributed by atoms with Gasteiger partial charge in [0.1, 0.15) is 12.4 Å².